The quantitative estimate of drug-likeness (QED) is 0.0658. The Morgan fingerprint density at radius 3 is 1.09 bits per heavy atom. The molecular weight excluding hydrogens is 720 g/mol. The Balaban J connectivity index is 1.59. The van der Waals surface area contributed by atoms with E-state index in [1.807, 2.05) is 56.3 Å². The van der Waals surface area contributed by atoms with Gasteiger partial charge < -0.3 is 61.9 Å². The molecule has 4 rings (SSSR count). The lowest BCUT2D eigenvalue weighted by Gasteiger charge is -2.27. The highest BCUT2D eigenvalue weighted by Gasteiger charge is 2.22. The molecule has 1 heterocycles. The number of aliphatic hydroxyl groups is 6. The summed E-state index contributed by atoms with van der Waals surface area (Å²) in [5.41, 5.74) is 6.26. The third kappa shape index (κ3) is 13.3. The van der Waals surface area contributed by atoms with E-state index in [1.54, 1.807) is 0 Å². The van der Waals surface area contributed by atoms with Gasteiger partial charge in [-0.1, -0.05) is 53.6 Å². The average Bonchev–Trinajstić information content (AvgIpc) is 3.28. The van der Waals surface area contributed by atoms with Crippen molar-refractivity contribution in [3.8, 4) is 17.2 Å². The van der Waals surface area contributed by atoms with Crippen LogP contribution in [-0.4, -0.2) is 158 Å². The maximum atomic E-state index is 11.4. The van der Waals surface area contributed by atoms with Gasteiger partial charge in [-0.3, -0.25) is 14.7 Å². The van der Waals surface area contributed by atoms with Crippen LogP contribution in [0.4, 0.5) is 0 Å². The normalized spacial score (nSPS) is 15.2. The second kappa shape index (κ2) is 23.1. The Labute approximate surface area is 330 Å². The van der Waals surface area contributed by atoms with Crippen LogP contribution < -0.4 is 16.0 Å². The van der Waals surface area contributed by atoms with E-state index in [2.05, 4.69) is 30.7 Å². The lowest BCUT2D eigenvalue weighted by atomic mass is 10.0. The molecule has 1 fully saturated rings. The minimum absolute atomic E-state index is 0.161. The van der Waals surface area contributed by atoms with E-state index in [9.17, 15) is 46.0 Å². The van der Waals surface area contributed by atoms with Crippen molar-refractivity contribution >= 4 is 0 Å². The number of aromatic hydroxyl groups is 3. The van der Waals surface area contributed by atoms with Gasteiger partial charge in [0.15, 0.2) is 0 Å². The predicted octanol–water partition coefficient (Wildman–Crippen LogP) is -0.431. The number of rotatable bonds is 21. The first kappa shape index (κ1) is 45.3. The van der Waals surface area contributed by atoms with E-state index in [0.29, 0.717) is 75.6 Å². The molecular formula is C41H64N6O9. The lowest BCUT2D eigenvalue weighted by Crippen LogP contribution is -2.36. The van der Waals surface area contributed by atoms with Gasteiger partial charge in [-0.15, -0.1) is 0 Å². The standard InChI is InChI=1S/C41H64N6O9/c1-28-12-32(17-43-37(24-50)25-51)40(55)34(14-28)20-46-8-6-45(19-31-5-3-4-30(39(31)54)16-42-36(22-48)23-49)7-9-47(11-10-46)21-35-15-29(2)13-33(41(35)56)18-44-38(26-52)27-53/h3-5,12-15,36-38,42-44,48-56H,6-11,16-27H2,1-2H3. The summed E-state index contributed by atoms with van der Waals surface area (Å²) in [5, 5.41) is 100. The number of aliphatic hydroxyl groups excluding tert-OH is 6. The largest absolute Gasteiger partial charge is 0.507 e. The van der Waals surface area contributed by atoms with Gasteiger partial charge in [-0.25, -0.2) is 0 Å². The minimum Gasteiger partial charge on any atom is -0.507 e. The molecule has 15 heteroatoms. The number of phenolic OH excluding ortho intramolecular Hbond substituents is 3. The van der Waals surface area contributed by atoms with Crippen molar-refractivity contribution in [2.75, 3.05) is 78.9 Å². The monoisotopic (exact) mass is 784 g/mol. The summed E-state index contributed by atoms with van der Waals surface area (Å²) in [7, 11) is 0. The van der Waals surface area contributed by atoms with Gasteiger partial charge in [-0.05, 0) is 13.8 Å². The number of aryl methyl sites for hydroxylation is 2. The highest BCUT2D eigenvalue weighted by molar-refractivity contribution is 5.45. The molecule has 1 aliphatic rings. The van der Waals surface area contributed by atoms with Crippen LogP contribution in [0.1, 0.15) is 44.5 Å². The smallest absolute Gasteiger partial charge is 0.124 e. The molecule has 56 heavy (non-hydrogen) atoms. The number of nitrogens with one attached hydrogen (secondary N) is 3. The van der Waals surface area contributed by atoms with Gasteiger partial charge in [0.2, 0.25) is 0 Å². The van der Waals surface area contributed by atoms with E-state index in [4.69, 9.17) is 0 Å². The highest BCUT2D eigenvalue weighted by Crippen LogP contribution is 2.29. The van der Waals surface area contributed by atoms with Crippen molar-refractivity contribution in [2.24, 2.45) is 0 Å². The van der Waals surface area contributed by atoms with Gasteiger partial charge in [-0.2, -0.15) is 0 Å². The number of benzene rings is 3. The summed E-state index contributed by atoms with van der Waals surface area (Å²) in [4.78, 5) is 6.87. The maximum Gasteiger partial charge on any atom is 0.124 e. The van der Waals surface area contributed by atoms with Crippen molar-refractivity contribution in [1.82, 2.24) is 30.7 Å². The molecule has 0 bridgehead atoms. The van der Waals surface area contributed by atoms with Crippen molar-refractivity contribution in [3.63, 3.8) is 0 Å². The SMILES string of the molecule is Cc1cc(CNC(CO)CO)c(O)c(CN2CCN(Cc3cccc(CNC(CO)CO)c3O)CCN(Cc3cc(C)cc(CNC(CO)CO)c3O)CC2)c1. The summed E-state index contributed by atoms with van der Waals surface area (Å²) in [5.74, 6) is 0.498. The van der Waals surface area contributed by atoms with E-state index in [0.717, 1.165) is 27.8 Å². The van der Waals surface area contributed by atoms with Crippen LogP contribution in [0.3, 0.4) is 0 Å². The Morgan fingerprint density at radius 2 is 0.732 bits per heavy atom. The molecule has 0 saturated carbocycles. The fraction of sp³-hybridized carbons (Fsp3) is 0.561. The molecule has 3 aromatic carbocycles. The zero-order chi connectivity index (χ0) is 40.6. The van der Waals surface area contributed by atoms with Gasteiger partial charge in [0.05, 0.1) is 57.8 Å². The van der Waals surface area contributed by atoms with Crippen LogP contribution >= 0.6 is 0 Å². The molecule has 3 aromatic rings. The number of nitrogens with zero attached hydrogens (tertiary/aromatic N) is 3. The minimum atomic E-state index is -0.499. The van der Waals surface area contributed by atoms with Gasteiger partial charge >= 0.3 is 0 Å². The molecule has 1 saturated heterocycles. The number of hydrogen-bond donors (Lipinski definition) is 12. The van der Waals surface area contributed by atoms with Gasteiger partial charge in [0.25, 0.3) is 0 Å². The van der Waals surface area contributed by atoms with Gasteiger partial charge in [0.1, 0.15) is 17.2 Å². The third-order valence-corrected chi connectivity index (χ3v) is 10.5. The van der Waals surface area contributed by atoms with E-state index in [1.165, 1.54) is 0 Å². The first-order valence-corrected chi connectivity index (χ1v) is 19.5. The molecule has 0 aromatic heterocycles. The third-order valence-electron chi connectivity index (χ3n) is 10.5. The molecule has 15 nitrogen and oxygen atoms in total. The summed E-state index contributed by atoms with van der Waals surface area (Å²) in [6, 6.07) is 11.9. The summed E-state index contributed by atoms with van der Waals surface area (Å²) in [6.45, 7) is 8.87. The Bertz CT molecular complexity index is 1550. The number of para-hydroxylation sites is 1. The molecule has 0 aliphatic carbocycles. The molecule has 0 atom stereocenters. The van der Waals surface area contributed by atoms with Crippen molar-refractivity contribution in [1.29, 1.82) is 0 Å². The molecule has 312 valence electrons. The van der Waals surface area contributed by atoms with Crippen molar-refractivity contribution in [3.05, 3.63) is 87.0 Å². The lowest BCUT2D eigenvalue weighted by molar-refractivity contribution is 0.169. The van der Waals surface area contributed by atoms with E-state index in [-0.39, 0.29) is 76.5 Å². The first-order valence-electron chi connectivity index (χ1n) is 19.5. The average molecular weight is 785 g/mol. The second-order valence-electron chi connectivity index (χ2n) is 14.9. The summed E-state index contributed by atoms with van der Waals surface area (Å²) >= 11 is 0. The maximum absolute atomic E-state index is 11.4. The fourth-order valence-electron chi connectivity index (χ4n) is 7.00. The first-order chi connectivity index (χ1) is 27.0. The Hall–Kier alpha value is -3.42. The van der Waals surface area contributed by atoms with Crippen LogP contribution in [0.15, 0.2) is 42.5 Å². The molecule has 0 radical (unpaired) electrons. The van der Waals surface area contributed by atoms with Crippen LogP contribution in [0.2, 0.25) is 0 Å². The molecule has 1 aliphatic heterocycles. The van der Waals surface area contributed by atoms with E-state index < -0.39 is 18.1 Å². The number of hydrogen-bond acceptors (Lipinski definition) is 15. The van der Waals surface area contributed by atoms with Crippen molar-refractivity contribution < 1.29 is 46.0 Å². The van der Waals surface area contributed by atoms with Crippen LogP contribution in [0, 0.1) is 13.8 Å². The molecule has 0 unspecified atom stereocenters. The molecule has 0 spiro atoms. The summed E-state index contributed by atoms with van der Waals surface area (Å²) in [6.07, 6.45) is 0. The molecule has 12 N–H and O–H groups in total. The zero-order valence-electron chi connectivity index (χ0n) is 32.9. The van der Waals surface area contributed by atoms with Crippen molar-refractivity contribution in [2.45, 2.75) is 71.2 Å². The predicted molar refractivity (Wildman–Crippen MR) is 214 cm³/mol. The molecule has 0 amide bonds. The highest BCUT2D eigenvalue weighted by atomic mass is 16.3. The van der Waals surface area contributed by atoms with Crippen LogP contribution in [0.5, 0.6) is 17.2 Å². The number of phenols is 3. The topological polar surface area (TPSA) is 228 Å². The van der Waals surface area contributed by atoms with Crippen LogP contribution in [0.25, 0.3) is 0 Å². The van der Waals surface area contributed by atoms with Crippen LogP contribution in [-0.2, 0) is 39.3 Å². The van der Waals surface area contributed by atoms with E-state index >= 15 is 0 Å². The van der Waals surface area contributed by atoms with Gasteiger partial charge in [0, 0.05) is 112 Å². The second-order valence-corrected chi connectivity index (χ2v) is 14.9. The summed E-state index contributed by atoms with van der Waals surface area (Å²) < 4.78 is 0. The Morgan fingerprint density at radius 1 is 0.446 bits per heavy atom. The zero-order valence-corrected chi connectivity index (χ0v) is 32.9. The fourth-order valence-corrected chi connectivity index (χ4v) is 7.00. The Kier molecular flexibility index (Phi) is 18.7.